The standard InChI is InChI=1S/C21H15F5N8O2/c1-34(15-3-2-12(22)5-13(15)23)17-6-14(19(35)28-9-16-30-20(36)33-32-16)29-18(31-17)10-4-11(8-27-7-10)21(24,25)26/h2-8H,9H2,1H3,(H,28,35)(H2,30,32,33,36). The summed E-state index contributed by atoms with van der Waals surface area (Å²) >= 11 is 0. The van der Waals surface area contributed by atoms with E-state index in [9.17, 15) is 31.5 Å². The van der Waals surface area contributed by atoms with Crippen LogP contribution < -0.4 is 15.9 Å². The third-order valence-electron chi connectivity index (χ3n) is 4.85. The summed E-state index contributed by atoms with van der Waals surface area (Å²) in [4.78, 5) is 39.2. The summed E-state index contributed by atoms with van der Waals surface area (Å²) in [6.07, 6.45) is -3.01. The van der Waals surface area contributed by atoms with Crippen LogP contribution in [0.15, 0.2) is 47.5 Å². The minimum Gasteiger partial charge on any atom is -0.343 e. The average Bonchev–Trinajstić information content (AvgIpc) is 3.26. The number of hydrogen-bond donors (Lipinski definition) is 3. The number of amides is 1. The molecule has 186 valence electrons. The molecule has 1 aromatic carbocycles. The highest BCUT2D eigenvalue weighted by Gasteiger charge is 2.31. The summed E-state index contributed by atoms with van der Waals surface area (Å²) in [6, 6.07) is 4.69. The Morgan fingerprint density at radius 2 is 1.89 bits per heavy atom. The molecule has 1 amide bonds. The normalized spacial score (nSPS) is 11.4. The number of H-pyrrole nitrogens is 2. The molecule has 10 nitrogen and oxygen atoms in total. The van der Waals surface area contributed by atoms with Crippen molar-refractivity contribution in [3.8, 4) is 11.4 Å². The molecule has 15 heteroatoms. The Morgan fingerprint density at radius 3 is 2.56 bits per heavy atom. The number of aromatic amines is 2. The number of hydrogen-bond acceptors (Lipinski definition) is 7. The van der Waals surface area contributed by atoms with Crippen LogP contribution in [-0.2, 0) is 12.7 Å². The molecule has 0 aliphatic rings. The topological polar surface area (TPSA) is 133 Å². The van der Waals surface area contributed by atoms with Crippen LogP contribution >= 0.6 is 0 Å². The van der Waals surface area contributed by atoms with E-state index >= 15 is 0 Å². The van der Waals surface area contributed by atoms with Gasteiger partial charge in [0.05, 0.1) is 17.8 Å². The van der Waals surface area contributed by atoms with Gasteiger partial charge in [0, 0.05) is 37.1 Å². The second-order valence-electron chi connectivity index (χ2n) is 7.36. The van der Waals surface area contributed by atoms with Gasteiger partial charge in [-0.05, 0) is 18.2 Å². The first-order valence-corrected chi connectivity index (χ1v) is 10.0. The molecule has 0 aliphatic carbocycles. The van der Waals surface area contributed by atoms with Crippen molar-refractivity contribution >= 4 is 17.4 Å². The maximum absolute atomic E-state index is 14.4. The number of benzene rings is 1. The quantitative estimate of drug-likeness (QED) is 0.343. The Balaban J connectivity index is 1.76. The lowest BCUT2D eigenvalue weighted by molar-refractivity contribution is -0.137. The second kappa shape index (κ2) is 9.52. The predicted molar refractivity (Wildman–Crippen MR) is 115 cm³/mol. The fourth-order valence-electron chi connectivity index (χ4n) is 3.09. The molecule has 0 saturated heterocycles. The van der Waals surface area contributed by atoms with Crippen molar-refractivity contribution in [2.45, 2.75) is 12.7 Å². The van der Waals surface area contributed by atoms with Crippen LogP contribution in [0.25, 0.3) is 11.4 Å². The molecule has 0 bridgehead atoms. The summed E-state index contributed by atoms with van der Waals surface area (Å²) in [6.45, 7) is -0.209. The number of carbonyl (C=O) groups excluding carboxylic acids is 1. The first-order chi connectivity index (χ1) is 17.0. The van der Waals surface area contributed by atoms with Crippen molar-refractivity contribution in [3.05, 3.63) is 81.9 Å². The Labute approximate surface area is 198 Å². The Bertz CT molecular complexity index is 1480. The monoisotopic (exact) mass is 506 g/mol. The number of nitrogens with zero attached hydrogens (tertiary/aromatic N) is 5. The van der Waals surface area contributed by atoms with E-state index in [2.05, 4.69) is 35.5 Å². The fraction of sp³-hybridized carbons (Fsp3) is 0.143. The van der Waals surface area contributed by atoms with Crippen molar-refractivity contribution in [3.63, 3.8) is 0 Å². The van der Waals surface area contributed by atoms with Crippen molar-refractivity contribution in [2.75, 3.05) is 11.9 Å². The summed E-state index contributed by atoms with van der Waals surface area (Å²) in [5.41, 5.74) is -2.24. The number of halogens is 5. The lowest BCUT2D eigenvalue weighted by atomic mass is 10.2. The lowest BCUT2D eigenvalue weighted by Gasteiger charge is -2.20. The van der Waals surface area contributed by atoms with Gasteiger partial charge in [-0.1, -0.05) is 0 Å². The number of carbonyl (C=O) groups is 1. The third-order valence-corrected chi connectivity index (χ3v) is 4.85. The molecule has 3 N–H and O–H groups in total. The van der Waals surface area contributed by atoms with Crippen molar-refractivity contribution in [2.24, 2.45) is 0 Å². The highest BCUT2D eigenvalue weighted by molar-refractivity contribution is 5.93. The minimum atomic E-state index is -4.70. The van der Waals surface area contributed by atoms with Crippen molar-refractivity contribution in [1.29, 1.82) is 0 Å². The Morgan fingerprint density at radius 1 is 1.11 bits per heavy atom. The average molecular weight is 506 g/mol. The zero-order valence-electron chi connectivity index (χ0n) is 18.2. The number of alkyl halides is 3. The maximum Gasteiger partial charge on any atom is 0.417 e. The minimum absolute atomic E-state index is 0.0822. The molecule has 0 saturated carbocycles. The van der Waals surface area contributed by atoms with Crippen LogP contribution in [0.5, 0.6) is 0 Å². The third kappa shape index (κ3) is 5.34. The fourth-order valence-corrected chi connectivity index (χ4v) is 3.09. The van der Waals surface area contributed by atoms with Crippen LogP contribution in [0.2, 0.25) is 0 Å². The summed E-state index contributed by atoms with van der Waals surface area (Å²) in [5.74, 6) is -2.83. The lowest BCUT2D eigenvalue weighted by Crippen LogP contribution is -2.26. The van der Waals surface area contributed by atoms with Gasteiger partial charge in [-0.25, -0.2) is 28.6 Å². The van der Waals surface area contributed by atoms with E-state index in [1.807, 2.05) is 0 Å². The molecular formula is C21H15F5N8O2. The molecule has 0 unspecified atom stereocenters. The van der Waals surface area contributed by atoms with Crippen LogP contribution in [-0.4, -0.2) is 43.1 Å². The van der Waals surface area contributed by atoms with E-state index in [0.717, 1.165) is 30.5 Å². The van der Waals surface area contributed by atoms with E-state index in [0.29, 0.717) is 12.3 Å². The largest absolute Gasteiger partial charge is 0.417 e. The van der Waals surface area contributed by atoms with Crippen LogP contribution in [0.1, 0.15) is 21.9 Å². The van der Waals surface area contributed by atoms with Gasteiger partial charge in [-0.15, -0.1) is 0 Å². The molecular weight excluding hydrogens is 491 g/mol. The molecule has 0 radical (unpaired) electrons. The molecule has 0 atom stereocenters. The molecule has 4 rings (SSSR count). The SMILES string of the molecule is CN(c1cc(C(=O)NCc2n[nH]c(=O)[nH]2)nc(-c2cncc(C(F)(F)F)c2)n1)c1ccc(F)cc1F. The molecule has 0 aliphatic heterocycles. The number of anilines is 2. The summed E-state index contributed by atoms with van der Waals surface area (Å²) in [7, 11) is 1.36. The van der Waals surface area contributed by atoms with Gasteiger partial charge in [-0.3, -0.25) is 14.8 Å². The van der Waals surface area contributed by atoms with Gasteiger partial charge in [0.2, 0.25) is 0 Å². The number of pyridine rings is 1. The smallest absolute Gasteiger partial charge is 0.343 e. The molecule has 4 aromatic rings. The number of aromatic nitrogens is 6. The first-order valence-electron chi connectivity index (χ1n) is 10.0. The first kappa shape index (κ1) is 24.4. The van der Waals surface area contributed by atoms with Gasteiger partial charge in [-0.2, -0.15) is 18.3 Å². The van der Waals surface area contributed by atoms with Crippen molar-refractivity contribution < 1.29 is 26.7 Å². The van der Waals surface area contributed by atoms with Gasteiger partial charge in [0.25, 0.3) is 5.91 Å². The number of rotatable bonds is 6. The van der Waals surface area contributed by atoms with Crippen molar-refractivity contribution in [1.82, 2.24) is 35.5 Å². The Kier molecular flexibility index (Phi) is 6.46. The highest BCUT2D eigenvalue weighted by atomic mass is 19.4. The molecule has 3 heterocycles. The van der Waals surface area contributed by atoms with Gasteiger partial charge in [0.15, 0.2) is 5.82 Å². The zero-order valence-corrected chi connectivity index (χ0v) is 18.2. The van der Waals surface area contributed by atoms with E-state index in [-0.39, 0.29) is 41.0 Å². The maximum atomic E-state index is 14.4. The highest BCUT2D eigenvalue weighted by Crippen LogP contribution is 2.32. The second-order valence-corrected chi connectivity index (χ2v) is 7.36. The van der Waals surface area contributed by atoms with Gasteiger partial charge in [0.1, 0.15) is 29.0 Å². The van der Waals surface area contributed by atoms with Gasteiger partial charge < -0.3 is 10.2 Å². The van der Waals surface area contributed by atoms with Crippen LogP contribution in [0.3, 0.4) is 0 Å². The Hall–Kier alpha value is -4.69. The zero-order chi connectivity index (χ0) is 26.0. The summed E-state index contributed by atoms with van der Waals surface area (Å²) in [5, 5.41) is 8.22. The van der Waals surface area contributed by atoms with E-state index in [4.69, 9.17) is 0 Å². The van der Waals surface area contributed by atoms with Crippen LogP contribution in [0.4, 0.5) is 33.5 Å². The van der Waals surface area contributed by atoms with Crippen LogP contribution in [0, 0.1) is 11.6 Å². The predicted octanol–water partition coefficient (Wildman–Crippen LogP) is 2.94. The van der Waals surface area contributed by atoms with E-state index in [1.54, 1.807) is 0 Å². The van der Waals surface area contributed by atoms with Gasteiger partial charge >= 0.3 is 11.9 Å². The molecule has 0 spiro atoms. The van der Waals surface area contributed by atoms with E-state index < -0.39 is 35.0 Å². The number of nitrogens with one attached hydrogen (secondary N) is 3. The molecule has 0 fully saturated rings. The van der Waals surface area contributed by atoms with E-state index in [1.165, 1.54) is 11.9 Å². The molecule has 3 aromatic heterocycles. The molecule has 36 heavy (non-hydrogen) atoms. The summed E-state index contributed by atoms with van der Waals surface area (Å²) < 4.78 is 67.4.